The molecule has 1 aliphatic rings. The molecular formula is C13H19BrN2O3S2. The highest BCUT2D eigenvalue weighted by atomic mass is 79.9. The number of halogens is 1. The second-order valence-electron chi connectivity index (χ2n) is 5.40. The lowest BCUT2D eigenvalue weighted by atomic mass is 10.1. The Labute approximate surface area is 137 Å². The minimum atomic E-state index is -3.40. The van der Waals surface area contributed by atoms with E-state index in [4.69, 9.17) is 0 Å². The van der Waals surface area contributed by atoms with E-state index in [2.05, 4.69) is 21.2 Å². The largest absolute Gasteiger partial charge is 0.353 e. The Kier molecular flexibility index (Phi) is 5.45. The van der Waals surface area contributed by atoms with E-state index in [1.54, 1.807) is 12.1 Å². The Hall–Kier alpha value is -0.440. The molecule has 1 saturated heterocycles. The zero-order valence-corrected chi connectivity index (χ0v) is 15.2. The molecule has 0 bridgehead atoms. The predicted octanol–water partition coefficient (Wildman–Crippen LogP) is 2.44. The highest BCUT2D eigenvalue weighted by Crippen LogP contribution is 2.29. The lowest BCUT2D eigenvalue weighted by Crippen LogP contribution is -2.47. The van der Waals surface area contributed by atoms with Crippen molar-refractivity contribution in [1.82, 2.24) is 9.62 Å². The molecule has 1 N–H and O–H groups in total. The van der Waals surface area contributed by atoms with Crippen LogP contribution in [0.3, 0.4) is 0 Å². The van der Waals surface area contributed by atoms with Crippen LogP contribution in [0.2, 0.25) is 0 Å². The van der Waals surface area contributed by atoms with Gasteiger partial charge in [-0.15, -0.1) is 11.3 Å². The summed E-state index contributed by atoms with van der Waals surface area (Å²) in [4.78, 5) is 11.7. The Balaban J connectivity index is 1.96. The lowest BCUT2D eigenvalue weighted by Gasteiger charge is -2.31. The van der Waals surface area contributed by atoms with Crippen molar-refractivity contribution in [3.63, 3.8) is 0 Å². The molecule has 118 valence electrons. The van der Waals surface area contributed by atoms with E-state index in [9.17, 15) is 13.2 Å². The van der Waals surface area contributed by atoms with Crippen LogP contribution in [-0.2, 0) is 14.8 Å². The highest BCUT2D eigenvalue weighted by molar-refractivity contribution is 9.11. The molecule has 1 amide bonds. The maximum absolute atomic E-state index is 12.5. The molecule has 0 aromatic carbocycles. The lowest BCUT2D eigenvalue weighted by molar-refractivity contribution is -0.124. The van der Waals surface area contributed by atoms with E-state index < -0.39 is 10.0 Å². The maximum Gasteiger partial charge on any atom is 0.252 e. The first kappa shape index (κ1) is 16.9. The number of carbonyl (C=O) groups excluding carboxylic acids is 1. The number of carbonyl (C=O) groups is 1. The van der Waals surface area contributed by atoms with Crippen molar-refractivity contribution in [3.05, 3.63) is 15.9 Å². The summed E-state index contributed by atoms with van der Waals surface area (Å²) in [5, 5.41) is 2.97. The second-order valence-corrected chi connectivity index (χ2v) is 10.0. The first-order valence-corrected chi connectivity index (χ1v) is 9.91. The molecule has 0 radical (unpaired) electrons. The van der Waals surface area contributed by atoms with E-state index in [0.29, 0.717) is 30.1 Å². The Morgan fingerprint density at radius 2 is 2.00 bits per heavy atom. The van der Waals surface area contributed by atoms with Gasteiger partial charge in [0, 0.05) is 25.0 Å². The monoisotopic (exact) mass is 394 g/mol. The smallest absolute Gasteiger partial charge is 0.252 e. The third-order valence-corrected chi connectivity index (χ3v) is 7.46. The second kappa shape index (κ2) is 6.76. The summed E-state index contributed by atoms with van der Waals surface area (Å²) in [6.45, 7) is 4.59. The fourth-order valence-corrected chi connectivity index (χ4v) is 5.81. The van der Waals surface area contributed by atoms with Gasteiger partial charge in [-0.1, -0.05) is 13.8 Å². The van der Waals surface area contributed by atoms with E-state index >= 15 is 0 Å². The number of amides is 1. The van der Waals surface area contributed by atoms with Crippen LogP contribution in [0.4, 0.5) is 0 Å². The van der Waals surface area contributed by atoms with Gasteiger partial charge < -0.3 is 5.32 Å². The molecule has 5 nitrogen and oxygen atoms in total. The van der Waals surface area contributed by atoms with E-state index in [1.165, 1.54) is 15.6 Å². The van der Waals surface area contributed by atoms with Crippen molar-refractivity contribution >= 4 is 43.2 Å². The van der Waals surface area contributed by atoms with Crippen molar-refractivity contribution in [2.75, 3.05) is 13.1 Å². The highest BCUT2D eigenvalue weighted by Gasteiger charge is 2.31. The zero-order valence-electron chi connectivity index (χ0n) is 12.0. The minimum Gasteiger partial charge on any atom is -0.353 e. The van der Waals surface area contributed by atoms with Crippen LogP contribution in [-0.4, -0.2) is 37.8 Å². The molecule has 0 spiro atoms. The molecule has 1 aromatic rings. The topological polar surface area (TPSA) is 66.5 Å². The van der Waals surface area contributed by atoms with Crippen molar-refractivity contribution in [2.24, 2.45) is 5.92 Å². The van der Waals surface area contributed by atoms with Gasteiger partial charge in [0.05, 0.1) is 3.79 Å². The maximum atomic E-state index is 12.5. The summed E-state index contributed by atoms with van der Waals surface area (Å²) < 4.78 is 27.6. The molecule has 0 unspecified atom stereocenters. The Morgan fingerprint density at radius 3 is 2.48 bits per heavy atom. The van der Waals surface area contributed by atoms with Crippen LogP contribution in [0.15, 0.2) is 20.1 Å². The molecule has 8 heteroatoms. The number of sulfonamides is 1. The van der Waals surface area contributed by atoms with Crippen LogP contribution in [0.5, 0.6) is 0 Å². The van der Waals surface area contributed by atoms with Gasteiger partial charge in [0.2, 0.25) is 5.91 Å². The molecule has 21 heavy (non-hydrogen) atoms. The summed E-state index contributed by atoms with van der Waals surface area (Å²) in [7, 11) is -3.40. The van der Waals surface area contributed by atoms with Crippen molar-refractivity contribution in [3.8, 4) is 0 Å². The summed E-state index contributed by atoms with van der Waals surface area (Å²) in [6, 6.07) is 3.44. The molecule has 0 saturated carbocycles. The first-order chi connectivity index (χ1) is 9.80. The summed E-state index contributed by atoms with van der Waals surface area (Å²) in [6.07, 6.45) is 1.31. The third kappa shape index (κ3) is 4.06. The minimum absolute atomic E-state index is 0.0264. The molecule has 1 fully saturated rings. The summed E-state index contributed by atoms with van der Waals surface area (Å²) in [5.41, 5.74) is 0. The number of nitrogens with one attached hydrogen (secondary N) is 1. The van der Waals surface area contributed by atoms with Crippen LogP contribution in [0, 0.1) is 5.92 Å². The average Bonchev–Trinajstić information content (AvgIpc) is 2.86. The van der Waals surface area contributed by atoms with Gasteiger partial charge in [-0.3, -0.25) is 4.79 Å². The van der Waals surface area contributed by atoms with E-state index in [0.717, 1.165) is 3.79 Å². The SMILES string of the molecule is CC(C)C(=O)NC1CCN(S(=O)(=O)c2ccc(Br)s2)CC1. The van der Waals surface area contributed by atoms with Gasteiger partial charge in [0.25, 0.3) is 10.0 Å². The number of nitrogens with zero attached hydrogens (tertiary/aromatic N) is 1. The number of piperidine rings is 1. The summed E-state index contributed by atoms with van der Waals surface area (Å²) >= 11 is 4.51. The molecule has 1 aromatic heterocycles. The van der Waals surface area contributed by atoms with Crippen LogP contribution < -0.4 is 5.32 Å². The zero-order chi connectivity index (χ0) is 15.6. The fraction of sp³-hybridized carbons (Fsp3) is 0.615. The van der Waals surface area contributed by atoms with Gasteiger partial charge in [0.15, 0.2) is 0 Å². The van der Waals surface area contributed by atoms with Crippen molar-refractivity contribution in [2.45, 2.75) is 36.9 Å². The van der Waals surface area contributed by atoms with Crippen LogP contribution in [0.25, 0.3) is 0 Å². The Bertz CT molecular complexity index is 605. The average molecular weight is 395 g/mol. The molecule has 1 aliphatic heterocycles. The normalized spacial score (nSPS) is 18.1. The van der Waals surface area contributed by atoms with E-state index in [1.807, 2.05) is 13.8 Å². The van der Waals surface area contributed by atoms with Gasteiger partial charge in [-0.05, 0) is 40.9 Å². The number of rotatable bonds is 4. The van der Waals surface area contributed by atoms with Crippen LogP contribution >= 0.6 is 27.3 Å². The number of hydrogen-bond acceptors (Lipinski definition) is 4. The third-order valence-electron chi connectivity index (χ3n) is 3.47. The van der Waals surface area contributed by atoms with Crippen molar-refractivity contribution in [1.29, 1.82) is 0 Å². The van der Waals surface area contributed by atoms with E-state index in [-0.39, 0.29) is 17.9 Å². The molecule has 0 aliphatic carbocycles. The van der Waals surface area contributed by atoms with Gasteiger partial charge in [-0.2, -0.15) is 4.31 Å². The predicted molar refractivity (Wildman–Crippen MR) is 86.8 cm³/mol. The quantitative estimate of drug-likeness (QED) is 0.852. The number of hydrogen-bond donors (Lipinski definition) is 1. The standard InChI is InChI=1S/C13H19BrN2O3S2/c1-9(2)13(17)15-10-5-7-16(8-6-10)21(18,19)12-4-3-11(14)20-12/h3-4,9-10H,5-8H2,1-2H3,(H,15,17). The molecular weight excluding hydrogens is 376 g/mol. The van der Waals surface area contributed by atoms with Crippen molar-refractivity contribution < 1.29 is 13.2 Å². The van der Waals surface area contributed by atoms with Gasteiger partial charge in [-0.25, -0.2) is 8.42 Å². The van der Waals surface area contributed by atoms with Crippen LogP contribution in [0.1, 0.15) is 26.7 Å². The first-order valence-electron chi connectivity index (χ1n) is 6.86. The summed E-state index contributed by atoms with van der Waals surface area (Å²) in [5.74, 6) is -0.0197. The molecule has 2 rings (SSSR count). The Morgan fingerprint density at radius 1 is 1.38 bits per heavy atom. The van der Waals surface area contributed by atoms with Gasteiger partial charge in [0.1, 0.15) is 4.21 Å². The molecule has 0 atom stereocenters. The van der Waals surface area contributed by atoms with Gasteiger partial charge >= 0.3 is 0 Å². The molecule has 2 heterocycles. The fourth-order valence-electron chi connectivity index (χ4n) is 2.17. The number of thiophene rings is 1.